The van der Waals surface area contributed by atoms with Gasteiger partial charge in [0.25, 0.3) is 0 Å². The van der Waals surface area contributed by atoms with Gasteiger partial charge in [-0.25, -0.2) is 8.78 Å². The van der Waals surface area contributed by atoms with Gasteiger partial charge in [0, 0.05) is 12.1 Å². The van der Waals surface area contributed by atoms with Gasteiger partial charge in [-0.3, -0.25) is 0 Å². The minimum absolute atomic E-state index is 0.0663. The number of ether oxygens (including phenoxy) is 2. The van der Waals surface area contributed by atoms with Gasteiger partial charge in [-0.1, -0.05) is 0 Å². The van der Waals surface area contributed by atoms with E-state index < -0.39 is 17.4 Å². The van der Waals surface area contributed by atoms with Crippen molar-refractivity contribution in [3.05, 3.63) is 48.0 Å². The average molecular weight is 278 g/mol. The van der Waals surface area contributed by atoms with Crippen LogP contribution in [0.15, 0.2) is 46.6 Å². The molecule has 0 spiro atoms. The second-order valence-electron chi connectivity index (χ2n) is 3.84. The SMILES string of the molecule is COc1ccc(N=Nc2cc(F)c(OC)c(F)c2)cc1. The summed E-state index contributed by atoms with van der Waals surface area (Å²) in [5, 5.41) is 7.66. The third kappa shape index (κ3) is 3.09. The molecule has 0 aliphatic rings. The Kier molecular flexibility index (Phi) is 4.24. The lowest BCUT2D eigenvalue weighted by atomic mass is 10.3. The summed E-state index contributed by atoms with van der Waals surface area (Å²) in [5.74, 6) is -1.40. The Bertz CT molecular complexity index is 605. The number of halogens is 2. The summed E-state index contributed by atoms with van der Waals surface area (Å²) in [6.07, 6.45) is 0. The van der Waals surface area contributed by atoms with Gasteiger partial charge >= 0.3 is 0 Å². The lowest BCUT2D eigenvalue weighted by Gasteiger charge is -2.03. The zero-order chi connectivity index (χ0) is 14.5. The Hall–Kier alpha value is -2.50. The minimum atomic E-state index is -0.823. The molecule has 0 aliphatic heterocycles. The van der Waals surface area contributed by atoms with Crippen LogP contribution in [0.1, 0.15) is 0 Å². The number of benzene rings is 2. The number of hydrogen-bond acceptors (Lipinski definition) is 4. The molecule has 2 aromatic rings. The number of hydrogen-bond donors (Lipinski definition) is 0. The molecule has 0 amide bonds. The maximum absolute atomic E-state index is 13.5. The first-order chi connectivity index (χ1) is 9.63. The summed E-state index contributed by atoms with van der Waals surface area (Å²) >= 11 is 0. The monoisotopic (exact) mass is 278 g/mol. The van der Waals surface area contributed by atoms with Gasteiger partial charge in [0.15, 0.2) is 17.4 Å². The molecular formula is C14H12F2N2O2. The van der Waals surface area contributed by atoms with Crippen molar-refractivity contribution in [1.29, 1.82) is 0 Å². The molecule has 0 radical (unpaired) electrons. The molecule has 20 heavy (non-hydrogen) atoms. The summed E-state index contributed by atoms with van der Waals surface area (Å²) in [5.41, 5.74) is 0.610. The largest absolute Gasteiger partial charge is 0.497 e. The van der Waals surface area contributed by atoms with E-state index in [-0.39, 0.29) is 5.69 Å². The molecule has 0 unspecified atom stereocenters. The van der Waals surface area contributed by atoms with Gasteiger partial charge < -0.3 is 9.47 Å². The summed E-state index contributed by atoms with van der Waals surface area (Å²) in [7, 11) is 2.75. The normalized spacial score (nSPS) is 10.8. The molecule has 0 bridgehead atoms. The van der Waals surface area contributed by atoms with Crippen LogP contribution >= 0.6 is 0 Å². The first-order valence-electron chi connectivity index (χ1n) is 5.73. The highest BCUT2D eigenvalue weighted by Gasteiger charge is 2.11. The average Bonchev–Trinajstić information content (AvgIpc) is 2.45. The molecule has 0 heterocycles. The van der Waals surface area contributed by atoms with Crippen LogP contribution in [0.2, 0.25) is 0 Å². The van der Waals surface area contributed by atoms with Crippen LogP contribution in [-0.4, -0.2) is 14.2 Å². The number of methoxy groups -OCH3 is 2. The van der Waals surface area contributed by atoms with Crippen molar-refractivity contribution in [2.24, 2.45) is 10.2 Å². The summed E-state index contributed by atoms with van der Waals surface area (Å²) in [6.45, 7) is 0. The third-order valence-electron chi connectivity index (χ3n) is 2.54. The first kappa shape index (κ1) is 13.9. The van der Waals surface area contributed by atoms with E-state index in [0.29, 0.717) is 11.4 Å². The van der Waals surface area contributed by atoms with Gasteiger partial charge in [-0.2, -0.15) is 10.2 Å². The lowest BCUT2D eigenvalue weighted by molar-refractivity contribution is 0.360. The molecule has 0 saturated carbocycles. The van der Waals surface area contributed by atoms with Crippen molar-refractivity contribution in [2.75, 3.05) is 14.2 Å². The molecule has 0 aliphatic carbocycles. The maximum atomic E-state index is 13.5. The minimum Gasteiger partial charge on any atom is -0.497 e. The van der Waals surface area contributed by atoms with Gasteiger partial charge in [-0.05, 0) is 24.3 Å². The van der Waals surface area contributed by atoms with Crippen LogP contribution in [0.3, 0.4) is 0 Å². The lowest BCUT2D eigenvalue weighted by Crippen LogP contribution is -1.91. The molecule has 0 saturated heterocycles. The second kappa shape index (κ2) is 6.10. The van der Waals surface area contributed by atoms with Crippen LogP contribution < -0.4 is 9.47 Å². The molecule has 4 nitrogen and oxygen atoms in total. The third-order valence-corrected chi connectivity index (χ3v) is 2.54. The topological polar surface area (TPSA) is 43.2 Å². The van der Waals surface area contributed by atoms with Crippen molar-refractivity contribution < 1.29 is 18.3 Å². The molecule has 0 fully saturated rings. The number of azo groups is 1. The van der Waals surface area contributed by atoms with E-state index in [1.54, 1.807) is 31.4 Å². The van der Waals surface area contributed by atoms with E-state index in [1.807, 2.05) is 0 Å². The molecule has 0 atom stereocenters. The fourth-order valence-corrected chi connectivity index (χ4v) is 1.56. The van der Waals surface area contributed by atoms with E-state index in [9.17, 15) is 8.78 Å². The van der Waals surface area contributed by atoms with Gasteiger partial charge in [0.2, 0.25) is 0 Å². The Balaban J connectivity index is 2.22. The van der Waals surface area contributed by atoms with Crippen LogP contribution in [0, 0.1) is 11.6 Å². The Labute approximate surface area is 114 Å². The highest BCUT2D eigenvalue weighted by molar-refractivity contribution is 5.45. The second-order valence-corrected chi connectivity index (χ2v) is 3.84. The Morgan fingerprint density at radius 3 is 1.85 bits per heavy atom. The van der Waals surface area contributed by atoms with Crippen LogP contribution in [0.4, 0.5) is 20.2 Å². The van der Waals surface area contributed by atoms with E-state index in [0.717, 1.165) is 12.1 Å². The first-order valence-corrected chi connectivity index (χ1v) is 5.73. The van der Waals surface area contributed by atoms with Gasteiger partial charge in [-0.15, -0.1) is 0 Å². The van der Waals surface area contributed by atoms with Crippen molar-refractivity contribution in [3.63, 3.8) is 0 Å². The van der Waals surface area contributed by atoms with Crippen molar-refractivity contribution in [3.8, 4) is 11.5 Å². The summed E-state index contributed by atoms with van der Waals surface area (Å²) in [4.78, 5) is 0. The predicted octanol–water partition coefficient (Wildman–Crippen LogP) is 4.40. The Morgan fingerprint density at radius 1 is 0.800 bits per heavy atom. The van der Waals surface area contributed by atoms with Gasteiger partial charge in [0.1, 0.15) is 5.75 Å². The van der Waals surface area contributed by atoms with E-state index >= 15 is 0 Å². The fourth-order valence-electron chi connectivity index (χ4n) is 1.56. The standard InChI is InChI=1S/C14H12F2N2O2/c1-19-11-5-3-9(4-6-11)17-18-10-7-12(15)14(20-2)13(16)8-10/h3-8H,1-2H3. The smallest absolute Gasteiger partial charge is 0.190 e. The van der Waals surface area contributed by atoms with Crippen LogP contribution in [-0.2, 0) is 0 Å². The zero-order valence-electron chi connectivity index (χ0n) is 10.9. The highest BCUT2D eigenvalue weighted by atomic mass is 19.1. The number of rotatable bonds is 4. The van der Waals surface area contributed by atoms with E-state index in [2.05, 4.69) is 15.0 Å². The molecule has 2 rings (SSSR count). The Morgan fingerprint density at radius 2 is 1.35 bits per heavy atom. The zero-order valence-corrected chi connectivity index (χ0v) is 10.9. The summed E-state index contributed by atoms with van der Waals surface area (Å²) < 4.78 is 36.5. The van der Waals surface area contributed by atoms with Crippen molar-refractivity contribution >= 4 is 11.4 Å². The van der Waals surface area contributed by atoms with Crippen molar-refractivity contribution in [2.45, 2.75) is 0 Å². The fraction of sp³-hybridized carbons (Fsp3) is 0.143. The quantitative estimate of drug-likeness (QED) is 0.778. The van der Waals surface area contributed by atoms with Crippen LogP contribution in [0.25, 0.3) is 0 Å². The van der Waals surface area contributed by atoms with Crippen LogP contribution in [0.5, 0.6) is 11.5 Å². The molecule has 104 valence electrons. The highest BCUT2D eigenvalue weighted by Crippen LogP contribution is 2.28. The summed E-state index contributed by atoms with van der Waals surface area (Å²) in [6, 6.07) is 8.88. The molecular weight excluding hydrogens is 266 g/mol. The van der Waals surface area contributed by atoms with E-state index in [1.165, 1.54) is 7.11 Å². The molecule has 2 aromatic carbocycles. The number of nitrogens with zero attached hydrogens (tertiary/aromatic N) is 2. The molecule has 0 N–H and O–H groups in total. The molecule has 0 aromatic heterocycles. The van der Waals surface area contributed by atoms with Crippen molar-refractivity contribution in [1.82, 2.24) is 0 Å². The van der Waals surface area contributed by atoms with E-state index in [4.69, 9.17) is 4.74 Å². The molecule has 6 heteroatoms. The predicted molar refractivity (Wildman–Crippen MR) is 70.1 cm³/mol. The van der Waals surface area contributed by atoms with Gasteiger partial charge in [0.05, 0.1) is 25.6 Å². The maximum Gasteiger partial charge on any atom is 0.190 e.